The Labute approximate surface area is 163 Å². The highest BCUT2D eigenvalue weighted by molar-refractivity contribution is 7.89. The van der Waals surface area contributed by atoms with Crippen LogP contribution in [0.1, 0.15) is 35.7 Å². The Morgan fingerprint density at radius 2 is 1.79 bits per heavy atom. The zero-order valence-corrected chi connectivity index (χ0v) is 16.3. The zero-order chi connectivity index (χ0) is 20.5. The van der Waals surface area contributed by atoms with Gasteiger partial charge in [-0.1, -0.05) is 29.8 Å². The average Bonchev–Trinajstić information content (AvgIpc) is 3.05. The number of nitrogens with one attached hydrogen (secondary N) is 1. The van der Waals surface area contributed by atoms with E-state index in [1.54, 1.807) is 30.3 Å². The maximum Gasteiger partial charge on any atom is 0.267 e. The molecule has 1 aliphatic rings. The maximum absolute atomic E-state index is 12.9. The number of rotatable bonds is 5. The summed E-state index contributed by atoms with van der Waals surface area (Å²) in [5.74, 6) is -1.38. The third-order valence-corrected chi connectivity index (χ3v) is 6.42. The number of sulfonamides is 1. The van der Waals surface area contributed by atoms with Gasteiger partial charge in [-0.25, -0.2) is 12.7 Å². The molecule has 2 aromatic rings. The molecular formula is C20H20N2O5S. The first kappa shape index (κ1) is 19.8. The molecule has 0 spiro atoms. The quantitative estimate of drug-likeness (QED) is 0.777. The molecule has 0 aromatic heterocycles. The van der Waals surface area contributed by atoms with Gasteiger partial charge in [0.1, 0.15) is 6.04 Å². The molecule has 2 aromatic carbocycles. The largest absolute Gasteiger partial charge is 0.324 e. The third-order valence-electron chi connectivity index (χ3n) is 4.58. The molecule has 7 nitrogen and oxygen atoms in total. The van der Waals surface area contributed by atoms with Crippen molar-refractivity contribution in [2.45, 2.75) is 37.6 Å². The van der Waals surface area contributed by atoms with E-state index in [2.05, 4.69) is 5.32 Å². The third kappa shape index (κ3) is 3.82. The standard InChI is InChI=1S/C20H20N2O5S/c1-13-6-8-17(9-7-13)28(26,27)22-18(10-11-19(22)24)20(25)21-16-5-3-4-15(12-16)14(2)23/h3-9,12,18H,10-11H2,1-2H3,(H,21,25)/t18-/m0/s1. The number of carbonyl (C=O) groups is 3. The smallest absolute Gasteiger partial charge is 0.267 e. The van der Waals surface area contributed by atoms with Crippen LogP contribution in [-0.2, 0) is 19.6 Å². The van der Waals surface area contributed by atoms with E-state index in [0.717, 1.165) is 5.56 Å². The molecule has 3 rings (SSSR count). The van der Waals surface area contributed by atoms with Gasteiger partial charge in [0, 0.05) is 17.7 Å². The Hall–Kier alpha value is -3.00. The van der Waals surface area contributed by atoms with E-state index < -0.39 is 27.9 Å². The van der Waals surface area contributed by atoms with Crippen molar-refractivity contribution >= 4 is 33.3 Å². The van der Waals surface area contributed by atoms with E-state index in [4.69, 9.17) is 0 Å². The summed E-state index contributed by atoms with van der Waals surface area (Å²) >= 11 is 0. The lowest BCUT2D eigenvalue weighted by Crippen LogP contribution is -2.45. The average molecular weight is 400 g/mol. The maximum atomic E-state index is 12.9. The molecule has 1 atom stereocenters. The van der Waals surface area contributed by atoms with Crippen LogP contribution in [0.4, 0.5) is 5.69 Å². The van der Waals surface area contributed by atoms with E-state index in [1.165, 1.54) is 25.1 Å². The fraction of sp³-hybridized carbons (Fsp3) is 0.250. The van der Waals surface area contributed by atoms with Crippen molar-refractivity contribution in [3.05, 3.63) is 59.7 Å². The van der Waals surface area contributed by atoms with E-state index >= 15 is 0 Å². The number of Topliss-reactive ketones (excluding diaryl/α,β-unsaturated/α-hetero) is 1. The predicted octanol–water partition coefficient (Wildman–Crippen LogP) is 2.52. The van der Waals surface area contributed by atoms with Gasteiger partial charge >= 0.3 is 0 Å². The van der Waals surface area contributed by atoms with Crippen molar-refractivity contribution in [1.29, 1.82) is 0 Å². The van der Waals surface area contributed by atoms with Gasteiger partial charge in [-0.05, 0) is 44.5 Å². The second-order valence-corrected chi connectivity index (χ2v) is 8.50. The number of hydrogen-bond acceptors (Lipinski definition) is 5. The van der Waals surface area contributed by atoms with Gasteiger partial charge in [0.2, 0.25) is 11.8 Å². The van der Waals surface area contributed by atoms with E-state index in [0.29, 0.717) is 15.6 Å². The van der Waals surface area contributed by atoms with Gasteiger partial charge < -0.3 is 5.32 Å². The molecule has 0 bridgehead atoms. The van der Waals surface area contributed by atoms with Crippen molar-refractivity contribution < 1.29 is 22.8 Å². The van der Waals surface area contributed by atoms with Gasteiger partial charge in [0.25, 0.3) is 10.0 Å². The van der Waals surface area contributed by atoms with Crippen LogP contribution in [0.25, 0.3) is 0 Å². The Morgan fingerprint density at radius 3 is 2.43 bits per heavy atom. The van der Waals surface area contributed by atoms with Gasteiger partial charge in [0.05, 0.1) is 4.90 Å². The van der Waals surface area contributed by atoms with Gasteiger partial charge in [-0.15, -0.1) is 0 Å². The Balaban J connectivity index is 1.87. The molecule has 8 heteroatoms. The van der Waals surface area contributed by atoms with E-state index in [-0.39, 0.29) is 23.5 Å². The SMILES string of the molecule is CC(=O)c1cccc(NC(=O)[C@@H]2CCC(=O)N2S(=O)(=O)c2ccc(C)cc2)c1. The Kier molecular flexibility index (Phi) is 5.33. The number of anilines is 1. The number of hydrogen-bond donors (Lipinski definition) is 1. The van der Waals surface area contributed by atoms with Gasteiger partial charge in [-0.2, -0.15) is 0 Å². The second-order valence-electron chi connectivity index (χ2n) is 6.69. The number of amides is 2. The van der Waals surface area contributed by atoms with Crippen molar-refractivity contribution in [3.63, 3.8) is 0 Å². The van der Waals surface area contributed by atoms with E-state index in [9.17, 15) is 22.8 Å². The number of carbonyl (C=O) groups excluding carboxylic acids is 3. The molecule has 0 radical (unpaired) electrons. The molecule has 1 heterocycles. The molecule has 28 heavy (non-hydrogen) atoms. The number of aryl methyl sites for hydroxylation is 1. The molecule has 0 unspecified atom stereocenters. The topological polar surface area (TPSA) is 101 Å². The van der Waals surface area contributed by atoms with Crippen LogP contribution >= 0.6 is 0 Å². The zero-order valence-electron chi connectivity index (χ0n) is 15.5. The molecule has 1 N–H and O–H groups in total. The summed E-state index contributed by atoms with van der Waals surface area (Å²) in [6, 6.07) is 11.3. The van der Waals surface area contributed by atoms with Crippen LogP contribution in [-0.4, -0.2) is 36.4 Å². The fourth-order valence-corrected chi connectivity index (χ4v) is 4.67. The summed E-state index contributed by atoms with van der Waals surface area (Å²) in [5, 5.41) is 2.61. The van der Waals surface area contributed by atoms with Gasteiger partial charge in [0.15, 0.2) is 5.78 Å². The number of nitrogens with zero attached hydrogens (tertiary/aromatic N) is 1. The highest BCUT2D eigenvalue weighted by atomic mass is 32.2. The molecule has 1 saturated heterocycles. The van der Waals surface area contributed by atoms with Gasteiger partial charge in [-0.3, -0.25) is 14.4 Å². The highest BCUT2D eigenvalue weighted by Crippen LogP contribution is 2.28. The molecule has 1 aliphatic heterocycles. The summed E-state index contributed by atoms with van der Waals surface area (Å²) in [4.78, 5) is 36.5. The first-order valence-electron chi connectivity index (χ1n) is 8.76. The van der Waals surface area contributed by atoms with Crippen LogP contribution in [0.3, 0.4) is 0 Å². The van der Waals surface area contributed by atoms with Crippen LogP contribution < -0.4 is 5.32 Å². The molecule has 0 aliphatic carbocycles. The summed E-state index contributed by atoms with van der Waals surface area (Å²) in [5.41, 5.74) is 1.67. The molecule has 2 amide bonds. The van der Waals surface area contributed by atoms with Crippen LogP contribution in [0.2, 0.25) is 0 Å². The summed E-state index contributed by atoms with van der Waals surface area (Å²) in [6.07, 6.45) is 0.0683. The van der Waals surface area contributed by atoms with Crippen molar-refractivity contribution in [3.8, 4) is 0 Å². The predicted molar refractivity (Wildman–Crippen MR) is 103 cm³/mol. The summed E-state index contributed by atoms with van der Waals surface area (Å²) in [7, 11) is -4.14. The van der Waals surface area contributed by atoms with Crippen LogP contribution in [0, 0.1) is 6.92 Å². The number of benzene rings is 2. The number of ketones is 1. The summed E-state index contributed by atoms with van der Waals surface area (Å²) < 4.78 is 26.6. The second kappa shape index (κ2) is 7.55. The molecule has 146 valence electrons. The molecular weight excluding hydrogens is 380 g/mol. The lowest BCUT2D eigenvalue weighted by atomic mass is 10.1. The minimum atomic E-state index is -4.14. The summed E-state index contributed by atoms with van der Waals surface area (Å²) in [6.45, 7) is 3.23. The first-order valence-corrected chi connectivity index (χ1v) is 10.2. The van der Waals surface area contributed by atoms with Crippen LogP contribution in [0.5, 0.6) is 0 Å². The first-order chi connectivity index (χ1) is 13.2. The van der Waals surface area contributed by atoms with E-state index in [1.807, 2.05) is 6.92 Å². The normalized spacial score (nSPS) is 16.9. The van der Waals surface area contributed by atoms with Crippen molar-refractivity contribution in [2.75, 3.05) is 5.32 Å². The van der Waals surface area contributed by atoms with Crippen molar-refractivity contribution in [1.82, 2.24) is 4.31 Å². The van der Waals surface area contributed by atoms with Crippen molar-refractivity contribution in [2.24, 2.45) is 0 Å². The Morgan fingerprint density at radius 1 is 1.11 bits per heavy atom. The minimum Gasteiger partial charge on any atom is -0.324 e. The molecule has 0 saturated carbocycles. The highest BCUT2D eigenvalue weighted by Gasteiger charge is 2.44. The van der Waals surface area contributed by atoms with Crippen LogP contribution in [0.15, 0.2) is 53.4 Å². The lowest BCUT2D eigenvalue weighted by Gasteiger charge is -2.24. The Bertz CT molecular complexity index is 1040. The fourth-order valence-electron chi connectivity index (χ4n) is 3.07. The monoisotopic (exact) mass is 400 g/mol. The lowest BCUT2D eigenvalue weighted by molar-refractivity contribution is -0.128. The minimum absolute atomic E-state index is 0.0311. The molecule has 1 fully saturated rings.